The maximum Gasteiger partial charge on any atom is 0.191 e. The summed E-state index contributed by atoms with van der Waals surface area (Å²) < 4.78 is 17.3. The van der Waals surface area contributed by atoms with Crippen LogP contribution in [0.25, 0.3) is 0 Å². The van der Waals surface area contributed by atoms with E-state index in [-0.39, 0.29) is 12.2 Å². The van der Waals surface area contributed by atoms with Gasteiger partial charge >= 0.3 is 0 Å². The van der Waals surface area contributed by atoms with Gasteiger partial charge in [-0.25, -0.2) is 0 Å². The Morgan fingerprint density at radius 1 is 1.17 bits per heavy atom. The van der Waals surface area contributed by atoms with Crippen LogP contribution in [0.3, 0.4) is 0 Å². The number of guanidine groups is 1. The molecule has 6 nitrogen and oxygen atoms in total. The second-order valence-corrected chi connectivity index (χ2v) is 7.96. The summed E-state index contributed by atoms with van der Waals surface area (Å²) in [4.78, 5) is 4.86. The van der Waals surface area contributed by atoms with Gasteiger partial charge in [0.05, 0.1) is 18.8 Å². The molecule has 2 N–H and O–H groups in total. The third-order valence-electron chi connectivity index (χ3n) is 5.53. The smallest absolute Gasteiger partial charge is 0.191 e. The average Bonchev–Trinajstić information content (AvgIpc) is 3.26. The molecule has 162 valence electrons. The van der Waals surface area contributed by atoms with Crippen LogP contribution in [0.4, 0.5) is 0 Å². The van der Waals surface area contributed by atoms with Gasteiger partial charge in [-0.3, -0.25) is 4.99 Å². The van der Waals surface area contributed by atoms with Crippen molar-refractivity contribution in [3.05, 3.63) is 35.4 Å². The Balaban J connectivity index is 1.47. The molecular formula is C23H37N3O3. The molecule has 2 aliphatic heterocycles. The summed E-state index contributed by atoms with van der Waals surface area (Å²) in [6.45, 7) is 9.84. The van der Waals surface area contributed by atoms with Crippen LogP contribution in [-0.4, -0.2) is 58.1 Å². The number of rotatable bonds is 9. The maximum atomic E-state index is 6.13. The minimum atomic E-state index is 0.137. The monoisotopic (exact) mass is 403 g/mol. The van der Waals surface area contributed by atoms with Gasteiger partial charge in [0.2, 0.25) is 0 Å². The van der Waals surface area contributed by atoms with Crippen LogP contribution in [-0.2, 0) is 14.2 Å². The first-order chi connectivity index (χ1) is 14.3. The van der Waals surface area contributed by atoms with E-state index >= 15 is 0 Å². The lowest BCUT2D eigenvalue weighted by Crippen LogP contribution is -2.39. The van der Waals surface area contributed by atoms with Gasteiger partial charge in [0.25, 0.3) is 0 Å². The first kappa shape index (κ1) is 22.1. The van der Waals surface area contributed by atoms with Crippen molar-refractivity contribution in [3.8, 4) is 0 Å². The number of nitrogens with one attached hydrogen (secondary N) is 2. The molecule has 3 rings (SSSR count). The Bertz CT molecular complexity index is 614. The number of hydrogen-bond donors (Lipinski definition) is 2. The third-order valence-corrected chi connectivity index (χ3v) is 5.53. The largest absolute Gasteiger partial charge is 0.379 e. The van der Waals surface area contributed by atoms with Gasteiger partial charge in [0, 0.05) is 45.4 Å². The molecule has 2 fully saturated rings. The molecule has 0 spiro atoms. The number of benzene rings is 1. The van der Waals surface area contributed by atoms with Crippen LogP contribution in [0.1, 0.15) is 49.8 Å². The zero-order chi connectivity index (χ0) is 20.3. The molecule has 0 saturated carbocycles. The van der Waals surface area contributed by atoms with E-state index in [1.807, 2.05) is 0 Å². The SMILES string of the molecule is CCNC(=NCC1CCCOC1c1ccc(C)cc1)NCCCOC1CCOC1. The summed E-state index contributed by atoms with van der Waals surface area (Å²) in [6, 6.07) is 8.72. The molecule has 29 heavy (non-hydrogen) atoms. The van der Waals surface area contributed by atoms with Gasteiger partial charge in [0.15, 0.2) is 5.96 Å². The highest BCUT2D eigenvalue weighted by atomic mass is 16.5. The van der Waals surface area contributed by atoms with Crippen LogP contribution < -0.4 is 10.6 Å². The van der Waals surface area contributed by atoms with Crippen molar-refractivity contribution in [2.75, 3.05) is 46.1 Å². The zero-order valence-electron chi connectivity index (χ0n) is 18.0. The Labute approximate surface area is 175 Å². The second kappa shape index (κ2) is 12.2. The first-order valence-corrected chi connectivity index (χ1v) is 11.2. The van der Waals surface area contributed by atoms with Crippen LogP contribution >= 0.6 is 0 Å². The van der Waals surface area contributed by atoms with E-state index in [0.29, 0.717) is 5.92 Å². The van der Waals surface area contributed by atoms with Crippen molar-refractivity contribution in [2.24, 2.45) is 10.9 Å². The highest BCUT2D eigenvalue weighted by Crippen LogP contribution is 2.33. The van der Waals surface area contributed by atoms with E-state index in [4.69, 9.17) is 19.2 Å². The fourth-order valence-corrected chi connectivity index (χ4v) is 3.88. The van der Waals surface area contributed by atoms with E-state index in [1.54, 1.807) is 0 Å². The van der Waals surface area contributed by atoms with Gasteiger partial charge in [-0.15, -0.1) is 0 Å². The molecule has 0 bridgehead atoms. The number of nitrogens with zero attached hydrogens (tertiary/aromatic N) is 1. The van der Waals surface area contributed by atoms with E-state index in [2.05, 4.69) is 48.7 Å². The molecule has 2 saturated heterocycles. The summed E-state index contributed by atoms with van der Waals surface area (Å²) >= 11 is 0. The molecule has 6 heteroatoms. The molecule has 0 radical (unpaired) electrons. The molecule has 3 atom stereocenters. The average molecular weight is 404 g/mol. The van der Waals surface area contributed by atoms with Crippen molar-refractivity contribution < 1.29 is 14.2 Å². The molecule has 2 aliphatic rings. The van der Waals surface area contributed by atoms with Crippen LogP contribution in [0, 0.1) is 12.8 Å². The van der Waals surface area contributed by atoms with Gasteiger partial charge in [-0.05, 0) is 45.1 Å². The second-order valence-electron chi connectivity index (χ2n) is 7.96. The summed E-state index contributed by atoms with van der Waals surface area (Å²) in [6.07, 6.45) is 4.65. The van der Waals surface area contributed by atoms with Gasteiger partial charge in [-0.1, -0.05) is 29.8 Å². The maximum absolute atomic E-state index is 6.13. The highest BCUT2D eigenvalue weighted by molar-refractivity contribution is 5.79. The summed E-state index contributed by atoms with van der Waals surface area (Å²) in [5.41, 5.74) is 2.55. The van der Waals surface area contributed by atoms with E-state index in [9.17, 15) is 0 Å². The van der Waals surface area contributed by atoms with E-state index in [1.165, 1.54) is 11.1 Å². The zero-order valence-corrected chi connectivity index (χ0v) is 18.0. The van der Waals surface area contributed by atoms with Crippen molar-refractivity contribution >= 4 is 5.96 Å². The minimum Gasteiger partial charge on any atom is -0.379 e. The normalized spacial score (nSPS) is 25.2. The lowest BCUT2D eigenvalue weighted by atomic mass is 9.89. The Morgan fingerprint density at radius 2 is 2.03 bits per heavy atom. The van der Waals surface area contributed by atoms with Crippen molar-refractivity contribution in [3.63, 3.8) is 0 Å². The van der Waals surface area contributed by atoms with Gasteiger partial charge < -0.3 is 24.8 Å². The van der Waals surface area contributed by atoms with Crippen molar-refractivity contribution in [2.45, 2.75) is 51.7 Å². The third kappa shape index (κ3) is 7.28. The molecule has 0 aromatic heterocycles. The van der Waals surface area contributed by atoms with E-state index in [0.717, 1.165) is 77.7 Å². The fraction of sp³-hybridized carbons (Fsp3) is 0.696. The minimum absolute atomic E-state index is 0.137. The molecule has 0 amide bonds. The number of ether oxygens (including phenoxy) is 3. The predicted molar refractivity (Wildman–Crippen MR) is 116 cm³/mol. The molecule has 1 aromatic carbocycles. The highest BCUT2D eigenvalue weighted by Gasteiger charge is 2.27. The molecule has 2 heterocycles. The standard InChI is InChI=1S/C23H37N3O3/c1-3-24-23(25-12-5-14-28-21-11-15-27-17-21)26-16-20-6-4-13-29-22(20)19-9-7-18(2)8-10-19/h7-10,20-22H,3-6,11-17H2,1-2H3,(H2,24,25,26). The quantitative estimate of drug-likeness (QED) is 0.377. The number of aryl methyl sites for hydroxylation is 1. The van der Waals surface area contributed by atoms with Crippen molar-refractivity contribution in [1.29, 1.82) is 0 Å². The Kier molecular flexibility index (Phi) is 9.25. The summed E-state index contributed by atoms with van der Waals surface area (Å²) in [5.74, 6) is 1.29. The van der Waals surface area contributed by atoms with Crippen LogP contribution in [0.2, 0.25) is 0 Å². The summed E-state index contributed by atoms with van der Waals surface area (Å²) in [7, 11) is 0. The number of hydrogen-bond acceptors (Lipinski definition) is 4. The molecule has 3 unspecified atom stereocenters. The Hall–Kier alpha value is -1.63. The van der Waals surface area contributed by atoms with Gasteiger partial charge in [0.1, 0.15) is 0 Å². The summed E-state index contributed by atoms with van der Waals surface area (Å²) in [5, 5.41) is 6.79. The van der Waals surface area contributed by atoms with Crippen molar-refractivity contribution in [1.82, 2.24) is 10.6 Å². The fourth-order valence-electron chi connectivity index (χ4n) is 3.88. The topological polar surface area (TPSA) is 64.1 Å². The number of aliphatic imine (C=N–C) groups is 1. The lowest BCUT2D eigenvalue weighted by Gasteiger charge is -2.31. The first-order valence-electron chi connectivity index (χ1n) is 11.2. The van der Waals surface area contributed by atoms with Gasteiger partial charge in [-0.2, -0.15) is 0 Å². The van der Waals surface area contributed by atoms with E-state index < -0.39 is 0 Å². The predicted octanol–water partition coefficient (Wildman–Crippen LogP) is 3.21. The molecule has 0 aliphatic carbocycles. The lowest BCUT2D eigenvalue weighted by molar-refractivity contribution is -0.0250. The van der Waals surface area contributed by atoms with Crippen LogP contribution in [0.15, 0.2) is 29.3 Å². The molecule has 1 aromatic rings. The molecular weight excluding hydrogens is 366 g/mol. The van der Waals surface area contributed by atoms with Crippen LogP contribution in [0.5, 0.6) is 0 Å². The Morgan fingerprint density at radius 3 is 2.79 bits per heavy atom.